The first-order chi connectivity index (χ1) is 13.2. The third kappa shape index (κ3) is 3.28. The molecule has 2 aromatic carbocycles. The third-order valence-corrected chi connectivity index (χ3v) is 5.26. The van der Waals surface area contributed by atoms with Gasteiger partial charge in [-0.3, -0.25) is 0 Å². The zero-order valence-corrected chi connectivity index (χ0v) is 16.1. The van der Waals surface area contributed by atoms with Crippen LogP contribution in [0.2, 0.25) is 0 Å². The lowest BCUT2D eigenvalue weighted by Gasteiger charge is -2.28. The average molecular weight is 366 g/mol. The summed E-state index contributed by atoms with van der Waals surface area (Å²) in [5.41, 5.74) is 2.67. The van der Waals surface area contributed by atoms with Gasteiger partial charge in [0.05, 0.1) is 18.7 Å². The van der Waals surface area contributed by atoms with Crippen LogP contribution in [0.5, 0.6) is 11.5 Å². The summed E-state index contributed by atoms with van der Waals surface area (Å²) in [6.07, 6.45) is 1.83. The topological polar surface area (TPSA) is 43.3 Å². The van der Waals surface area contributed by atoms with Crippen LogP contribution < -0.4 is 9.47 Å². The van der Waals surface area contributed by atoms with Crippen molar-refractivity contribution < 1.29 is 14.3 Å². The minimum Gasteiger partial charge on any atom is -0.496 e. The molecular weight excluding hydrogens is 340 g/mol. The molecule has 0 amide bonds. The fraction of sp³-hybridized carbons (Fsp3) is 0.409. The van der Waals surface area contributed by atoms with Crippen molar-refractivity contribution in [3.8, 4) is 11.5 Å². The van der Waals surface area contributed by atoms with Crippen LogP contribution in [0.4, 0.5) is 0 Å². The van der Waals surface area contributed by atoms with Gasteiger partial charge in [-0.2, -0.15) is 0 Å². The van der Waals surface area contributed by atoms with Gasteiger partial charge in [0.15, 0.2) is 0 Å². The van der Waals surface area contributed by atoms with E-state index in [2.05, 4.69) is 36.3 Å². The highest BCUT2D eigenvalue weighted by atomic mass is 16.6. The molecule has 0 aromatic heterocycles. The largest absolute Gasteiger partial charge is 0.496 e. The van der Waals surface area contributed by atoms with Crippen molar-refractivity contribution in [2.75, 3.05) is 34.4 Å². The van der Waals surface area contributed by atoms with Crippen molar-refractivity contribution >= 4 is 5.71 Å². The second kappa shape index (κ2) is 7.24. The van der Waals surface area contributed by atoms with Crippen LogP contribution in [-0.2, 0) is 10.4 Å². The number of hydrogen-bond donors (Lipinski definition) is 0. The van der Waals surface area contributed by atoms with E-state index in [4.69, 9.17) is 14.3 Å². The van der Waals surface area contributed by atoms with E-state index in [-0.39, 0.29) is 5.92 Å². The zero-order chi connectivity index (χ0) is 18.9. The first kappa shape index (κ1) is 17.9. The summed E-state index contributed by atoms with van der Waals surface area (Å²) in [5, 5.41) is 4.55. The van der Waals surface area contributed by atoms with Crippen LogP contribution in [-0.4, -0.2) is 45.0 Å². The minimum absolute atomic E-state index is 0.178. The number of oxime groups is 1. The maximum Gasteiger partial charge on any atom is 0.147 e. The summed E-state index contributed by atoms with van der Waals surface area (Å²) in [6, 6.07) is 16.1. The van der Waals surface area contributed by atoms with Gasteiger partial charge in [0, 0.05) is 24.1 Å². The highest BCUT2D eigenvalue weighted by molar-refractivity contribution is 6.08. The molecule has 2 aliphatic rings. The van der Waals surface area contributed by atoms with E-state index in [0.717, 1.165) is 47.7 Å². The fourth-order valence-electron chi connectivity index (χ4n) is 3.85. The molecule has 1 aliphatic carbocycles. The molecule has 4 rings (SSSR count). The maximum atomic E-state index is 6.49. The molecule has 2 unspecified atom stereocenters. The van der Waals surface area contributed by atoms with Gasteiger partial charge in [-0.05, 0) is 38.7 Å². The van der Waals surface area contributed by atoms with Gasteiger partial charge in [0.25, 0.3) is 0 Å². The van der Waals surface area contributed by atoms with Crippen molar-refractivity contribution in [2.45, 2.75) is 18.4 Å². The first-order valence-corrected chi connectivity index (χ1v) is 9.42. The maximum absolute atomic E-state index is 6.49. The average Bonchev–Trinajstić information content (AvgIpc) is 3.42. The summed E-state index contributed by atoms with van der Waals surface area (Å²) >= 11 is 0. The van der Waals surface area contributed by atoms with E-state index in [1.807, 2.05) is 36.4 Å². The van der Waals surface area contributed by atoms with Crippen LogP contribution in [0.1, 0.15) is 24.0 Å². The number of ether oxygens (including phenoxy) is 2. The molecule has 1 aliphatic heterocycles. The number of nitrogens with zero attached hydrogens (tertiary/aromatic N) is 2. The molecule has 0 bridgehead atoms. The molecule has 1 saturated carbocycles. The number of rotatable bonds is 7. The molecule has 1 fully saturated rings. The van der Waals surface area contributed by atoms with Crippen molar-refractivity contribution in [3.63, 3.8) is 0 Å². The highest BCUT2D eigenvalue weighted by Crippen LogP contribution is 2.61. The van der Waals surface area contributed by atoms with Crippen molar-refractivity contribution in [2.24, 2.45) is 11.1 Å². The Morgan fingerprint density at radius 3 is 2.74 bits per heavy atom. The van der Waals surface area contributed by atoms with E-state index in [9.17, 15) is 0 Å². The van der Waals surface area contributed by atoms with E-state index in [0.29, 0.717) is 6.61 Å². The van der Waals surface area contributed by atoms with Gasteiger partial charge in [-0.25, -0.2) is 0 Å². The lowest BCUT2D eigenvalue weighted by molar-refractivity contribution is 0.128. The van der Waals surface area contributed by atoms with E-state index < -0.39 is 5.60 Å². The van der Waals surface area contributed by atoms with Crippen LogP contribution in [0.3, 0.4) is 0 Å². The second-order valence-corrected chi connectivity index (χ2v) is 7.41. The van der Waals surface area contributed by atoms with Gasteiger partial charge >= 0.3 is 0 Å². The summed E-state index contributed by atoms with van der Waals surface area (Å²) in [4.78, 5) is 7.84. The molecule has 2 aromatic rings. The van der Waals surface area contributed by atoms with Gasteiger partial charge in [-0.1, -0.05) is 35.5 Å². The van der Waals surface area contributed by atoms with E-state index in [1.54, 1.807) is 7.11 Å². The minimum atomic E-state index is -0.410. The lowest BCUT2D eigenvalue weighted by Crippen LogP contribution is -2.29. The molecule has 5 nitrogen and oxygen atoms in total. The Morgan fingerprint density at radius 2 is 1.93 bits per heavy atom. The van der Waals surface area contributed by atoms with Crippen molar-refractivity contribution in [1.82, 2.24) is 4.90 Å². The Bertz CT molecular complexity index is 849. The fourth-order valence-corrected chi connectivity index (χ4v) is 3.85. The Labute approximate surface area is 160 Å². The summed E-state index contributed by atoms with van der Waals surface area (Å²) in [5.74, 6) is 1.89. The Kier molecular flexibility index (Phi) is 4.79. The third-order valence-electron chi connectivity index (χ3n) is 5.26. The number of benzene rings is 2. The molecule has 2 atom stereocenters. The predicted molar refractivity (Wildman–Crippen MR) is 106 cm³/mol. The van der Waals surface area contributed by atoms with Crippen LogP contribution in [0.15, 0.2) is 53.7 Å². The van der Waals surface area contributed by atoms with Crippen molar-refractivity contribution in [1.29, 1.82) is 0 Å². The molecule has 27 heavy (non-hydrogen) atoms. The van der Waals surface area contributed by atoms with Gasteiger partial charge in [0.2, 0.25) is 0 Å². The van der Waals surface area contributed by atoms with Gasteiger partial charge in [-0.15, -0.1) is 0 Å². The standard InChI is InChI=1S/C22H26N2O3/c1-24(2)13-8-14-26-23-21-16-9-4-6-11-19(16)27-22(15-18(21)22)17-10-5-7-12-20(17)25-3/h4-7,9-12,18H,8,13-15H2,1-3H3. The van der Waals surface area contributed by atoms with Crippen LogP contribution >= 0.6 is 0 Å². The number of fused-ring (bicyclic) bond motifs is 2. The summed E-state index contributed by atoms with van der Waals surface area (Å²) in [7, 11) is 5.82. The number of methoxy groups -OCH3 is 1. The van der Waals surface area contributed by atoms with Gasteiger partial charge in [0.1, 0.15) is 23.7 Å². The Hall–Kier alpha value is -2.53. The Balaban J connectivity index is 1.62. The highest BCUT2D eigenvalue weighted by Gasteiger charge is 2.65. The molecule has 0 radical (unpaired) electrons. The first-order valence-electron chi connectivity index (χ1n) is 9.42. The molecule has 142 valence electrons. The Morgan fingerprint density at radius 1 is 1.15 bits per heavy atom. The van der Waals surface area contributed by atoms with E-state index in [1.165, 1.54) is 0 Å². The molecule has 5 heteroatoms. The SMILES string of the molecule is COc1ccccc1C12CC1C(=NOCCCN(C)C)c1ccccc1O2. The molecule has 0 saturated heterocycles. The second-order valence-electron chi connectivity index (χ2n) is 7.41. The normalized spacial score (nSPS) is 24.1. The van der Waals surface area contributed by atoms with Crippen LogP contribution in [0, 0.1) is 5.92 Å². The quantitative estimate of drug-likeness (QED) is 0.554. The predicted octanol–water partition coefficient (Wildman–Crippen LogP) is 3.68. The molecular formula is C22H26N2O3. The summed E-state index contributed by atoms with van der Waals surface area (Å²) in [6.45, 7) is 1.60. The monoisotopic (exact) mass is 366 g/mol. The summed E-state index contributed by atoms with van der Waals surface area (Å²) < 4.78 is 12.1. The lowest BCUT2D eigenvalue weighted by atomic mass is 9.95. The smallest absolute Gasteiger partial charge is 0.147 e. The van der Waals surface area contributed by atoms with Crippen LogP contribution in [0.25, 0.3) is 0 Å². The zero-order valence-electron chi connectivity index (χ0n) is 16.1. The molecule has 0 spiro atoms. The molecule has 1 heterocycles. The van der Waals surface area contributed by atoms with Gasteiger partial charge < -0.3 is 19.2 Å². The molecule has 0 N–H and O–H groups in total. The van der Waals surface area contributed by atoms with Crippen molar-refractivity contribution in [3.05, 3.63) is 59.7 Å². The number of para-hydroxylation sites is 2. The number of hydrogen-bond acceptors (Lipinski definition) is 5. The van der Waals surface area contributed by atoms with E-state index >= 15 is 0 Å².